The van der Waals surface area contributed by atoms with Crippen LogP contribution in [0, 0.1) is 0 Å². The monoisotopic (exact) mass is 236 g/mol. The highest BCUT2D eigenvalue weighted by molar-refractivity contribution is 5.53. The van der Waals surface area contributed by atoms with Gasteiger partial charge in [-0.05, 0) is 20.3 Å². The summed E-state index contributed by atoms with van der Waals surface area (Å²) in [5.41, 5.74) is 11.7. The Morgan fingerprint density at radius 2 is 2.29 bits per heavy atom. The summed E-state index contributed by atoms with van der Waals surface area (Å²) in [7, 11) is 0. The van der Waals surface area contributed by atoms with Crippen molar-refractivity contribution in [2.24, 2.45) is 5.73 Å². The van der Waals surface area contributed by atoms with Crippen LogP contribution in [0.15, 0.2) is 6.07 Å². The van der Waals surface area contributed by atoms with Gasteiger partial charge in [0.25, 0.3) is 0 Å². The molecule has 6 nitrogen and oxygen atoms in total. The number of anilines is 3. The zero-order valence-electron chi connectivity index (χ0n) is 10.4. The van der Waals surface area contributed by atoms with Crippen LogP contribution in [0.5, 0.6) is 0 Å². The first-order chi connectivity index (χ1) is 8.00. The van der Waals surface area contributed by atoms with Crippen molar-refractivity contribution >= 4 is 17.6 Å². The Bertz CT molecular complexity index is 403. The zero-order chi connectivity index (χ0) is 12.5. The summed E-state index contributed by atoms with van der Waals surface area (Å²) in [6.45, 7) is 6.60. The van der Waals surface area contributed by atoms with Gasteiger partial charge in [-0.1, -0.05) is 0 Å². The molecule has 17 heavy (non-hydrogen) atoms. The summed E-state index contributed by atoms with van der Waals surface area (Å²) in [5.74, 6) is 1.91. The maximum Gasteiger partial charge on any atom is 0.223 e. The molecule has 1 atom stereocenters. The average Bonchev–Trinajstić information content (AvgIpc) is 2.58. The van der Waals surface area contributed by atoms with Crippen molar-refractivity contribution in [1.29, 1.82) is 0 Å². The van der Waals surface area contributed by atoms with Gasteiger partial charge in [0.05, 0.1) is 0 Å². The van der Waals surface area contributed by atoms with Crippen LogP contribution >= 0.6 is 0 Å². The van der Waals surface area contributed by atoms with Crippen LogP contribution in [-0.2, 0) is 0 Å². The van der Waals surface area contributed by atoms with E-state index >= 15 is 0 Å². The molecule has 1 saturated heterocycles. The SMILES string of the molecule is CCNc1cc(N2CCC(C)(N)C2)nc(N)n1. The maximum atomic E-state index is 6.11. The van der Waals surface area contributed by atoms with E-state index in [1.54, 1.807) is 0 Å². The van der Waals surface area contributed by atoms with Crippen LogP contribution in [0.1, 0.15) is 20.3 Å². The molecular formula is C11H20N6. The Hall–Kier alpha value is -1.56. The van der Waals surface area contributed by atoms with Crippen molar-refractivity contribution in [2.45, 2.75) is 25.8 Å². The third kappa shape index (κ3) is 2.76. The molecular weight excluding hydrogens is 216 g/mol. The van der Waals surface area contributed by atoms with Crippen LogP contribution in [0.2, 0.25) is 0 Å². The highest BCUT2D eigenvalue weighted by Crippen LogP contribution is 2.25. The summed E-state index contributed by atoms with van der Waals surface area (Å²) in [4.78, 5) is 10.5. The van der Waals surface area contributed by atoms with Gasteiger partial charge in [0.1, 0.15) is 11.6 Å². The number of hydrogen-bond donors (Lipinski definition) is 3. The fraction of sp³-hybridized carbons (Fsp3) is 0.636. The first-order valence-corrected chi connectivity index (χ1v) is 5.92. The van der Waals surface area contributed by atoms with Gasteiger partial charge in [0.2, 0.25) is 5.95 Å². The Balaban J connectivity index is 2.21. The van der Waals surface area contributed by atoms with E-state index in [2.05, 4.69) is 27.1 Å². The lowest BCUT2D eigenvalue weighted by Crippen LogP contribution is -2.39. The summed E-state index contributed by atoms with van der Waals surface area (Å²) in [5, 5.41) is 3.14. The van der Waals surface area contributed by atoms with E-state index < -0.39 is 0 Å². The molecule has 0 radical (unpaired) electrons. The van der Waals surface area contributed by atoms with Crippen LogP contribution in [0.25, 0.3) is 0 Å². The number of nitrogens with two attached hydrogens (primary N) is 2. The molecule has 6 heteroatoms. The third-order valence-corrected chi connectivity index (χ3v) is 2.92. The van der Waals surface area contributed by atoms with Gasteiger partial charge in [-0.25, -0.2) is 0 Å². The molecule has 1 aromatic rings. The number of aromatic nitrogens is 2. The van der Waals surface area contributed by atoms with Crippen LogP contribution in [-0.4, -0.2) is 35.1 Å². The van der Waals surface area contributed by atoms with E-state index in [-0.39, 0.29) is 5.54 Å². The van der Waals surface area contributed by atoms with Gasteiger partial charge in [0.15, 0.2) is 0 Å². The van der Waals surface area contributed by atoms with Crippen LogP contribution in [0.3, 0.4) is 0 Å². The van der Waals surface area contributed by atoms with Crippen LogP contribution in [0.4, 0.5) is 17.6 Å². The van der Waals surface area contributed by atoms with Crippen molar-refractivity contribution in [2.75, 3.05) is 35.6 Å². The van der Waals surface area contributed by atoms with E-state index in [0.29, 0.717) is 5.95 Å². The van der Waals surface area contributed by atoms with Gasteiger partial charge in [-0.2, -0.15) is 9.97 Å². The highest BCUT2D eigenvalue weighted by Gasteiger charge is 2.30. The van der Waals surface area contributed by atoms with E-state index in [1.807, 2.05) is 13.0 Å². The second kappa shape index (κ2) is 4.37. The lowest BCUT2D eigenvalue weighted by atomic mass is 10.0. The van der Waals surface area contributed by atoms with Gasteiger partial charge in [-0.3, -0.25) is 0 Å². The minimum atomic E-state index is -0.141. The molecule has 1 fully saturated rings. The second-order valence-electron chi connectivity index (χ2n) is 4.83. The molecule has 0 spiro atoms. The number of hydrogen-bond acceptors (Lipinski definition) is 6. The molecule has 2 rings (SSSR count). The summed E-state index contributed by atoms with van der Waals surface area (Å²) in [6.07, 6.45) is 0.966. The molecule has 0 bridgehead atoms. The molecule has 1 unspecified atom stereocenters. The van der Waals surface area contributed by atoms with E-state index in [4.69, 9.17) is 11.5 Å². The van der Waals surface area contributed by atoms with Gasteiger partial charge < -0.3 is 21.7 Å². The molecule has 1 aliphatic heterocycles. The molecule has 5 N–H and O–H groups in total. The molecule has 0 amide bonds. The molecule has 1 aliphatic rings. The first kappa shape index (κ1) is 11.9. The van der Waals surface area contributed by atoms with E-state index in [0.717, 1.165) is 37.7 Å². The number of nitrogen functional groups attached to an aromatic ring is 1. The predicted molar refractivity (Wildman–Crippen MR) is 70.0 cm³/mol. The van der Waals surface area contributed by atoms with Gasteiger partial charge in [-0.15, -0.1) is 0 Å². The minimum absolute atomic E-state index is 0.141. The lowest BCUT2D eigenvalue weighted by Gasteiger charge is -2.21. The molecule has 0 saturated carbocycles. The standard InChI is InChI=1S/C11H20N6/c1-3-14-8-6-9(16-10(12)15-8)17-5-4-11(2,13)7-17/h6H,3-5,7,13H2,1-2H3,(H3,12,14,15,16). The molecule has 2 heterocycles. The van der Waals surface area contributed by atoms with E-state index in [1.165, 1.54) is 0 Å². The van der Waals surface area contributed by atoms with Crippen molar-refractivity contribution < 1.29 is 0 Å². The largest absolute Gasteiger partial charge is 0.370 e. The summed E-state index contributed by atoms with van der Waals surface area (Å²) >= 11 is 0. The van der Waals surface area contributed by atoms with Crippen molar-refractivity contribution in [3.8, 4) is 0 Å². The Labute approximate surface area is 101 Å². The predicted octanol–water partition coefficient (Wildman–Crippen LogP) is 0.418. The van der Waals surface area contributed by atoms with Crippen molar-refractivity contribution in [3.63, 3.8) is 0 Å². The fourth-order valence-corrected chi connectivity index (χ4v) is 2.07. The van der Waals surface area contributed by atoms with Crippen LogP contribution < -0.4 is 21.7 Å². The Morgan fingerprint density at radius 1 is 1.53 bits per heavy atom. The third-order valence-electron chi connectivity index (χ3n) is 2.92. The zero-order valence-corrected chi connectivity index (χ0v) is 10.4. The van der Waals surface area contributed by atoms with Crippen molar-refractivity contribution in [3.05, 3.63) is 6.07 Å². The first-order valence-electron chi connectivity index (χ1n) is 5.92. The normalized spacial score (nSPS) is 24.1. The lowest BCUT2D eigenvalue weighted by molar-refractivity contribution is 0.524. The number of rotatable bonds is 3. The molecule has 0 aromatic carbocycles. The second-order valence-corrected chi connectivity index (χ2v) is 4.83. The van der Waals surface area contributed by atoms with Gasteiger partial charge in [0, 0.05) is 31.2 Å². The smallest absolute Gasteiger partial charge is 0.223 e. The fourth-order valence-electron chi connectivity index (χ4n) is 2.07. The topological polar surface area (TPSA) is 93.1 Å². The molecule has 0 aliphatic carbocycles. The quantitative estimate of drug-likeness (QED) is 0.704. The maximum absolute atomic E-state index is 6.11. The minimum Gasteiger partial charge on any atom is -0.370 e. The summed E-state index contributed by atoms with van der Waals surface area (Å²) < 4.78 is 0. The number of nitrogens with one attached hydrogen (secondary N) is 1. The van der Waals surface area contributed by atoms with Crippen molar-refractivity contribution in [1.82, 2.24) is 9.97 Å². The molecule has 94 valence electrons. The average molecular weight is 236 g/mol. The number of nitrogens with zero attached hydrogens (tertiary/aromatic N) is 3. The Kier molecular flexibility index (Phi) is 3.06. The van der Waals surface area contributed by atoms with E-state index in [9.17, 15) is 0 Å². The van der Waals surface area contributed by atoms with Gasteiger partial charge >= 0.3 is 0 Å². The molecule has 1 aromatic heterocycles. The highest BCUT2D eigenvalue weighted by atomic mass is 15.3. The summed E-state index contributed by atoms with van der Waals surface area (Å²) in [6, 6.07) is 1.92. The Morgan fingerprint density at radius 3 is 2.88 bits per heavy atom.